The summed E-state index contributed by atoms with van der Waals surface area (Å²) in [6, 6.07) is 8.94. The van der Waals surface area contributed by atoms with Gasteiger partial charge in [0.15, 0.2) is 0 Å². The van der Waals surface area contributed by atoms with Gasteiger partial charge < -0.3 is 4.90 Å². The van der Waals surface area contributed by atoms with Crippen LogP contribution in [0.15, 0.2) is 24.3 Å². The molecule has 0 aromatic heterocycles. The Morgan fingerprint density at radius 2 is 2.20 bits per heavy atom. The summed E-state index contributed by atoms with van der Waals surface area (Å²) in [5.74, 6) is 2.60. The van der Waals surface area contributed by atoms with E-state index in [4.69, 9.17) is 0 Å². The van der Waals surface area contributed by atoms with Crippen molar-refractivity contribution in [3.8, 4) is 0 Å². The quantitative estimate of drug-likeness (QED) is 0.907. The Kier molecular flexibility index (Phi) is 4.03. The predicted octanol–water partition coefficient (Wildman–Crippen LogP) is 2.36. The topological polar surface area (TPSA) is 32.3 Å². The van der Waals surface area contributed by atoms with Crippen LogP contribution in [-0.2, 0) is 4.79 Å². The zero-order valence-electron chi connectivity index (χ0n) is 12.1. The fourth-order valence-electron chi connectivity index (χ4n) is 3.36. The van der Waals surface area contributed by atoms with Gasteiger partial charge in [-0.05, 0) is 31.4 Å². The number of hydrogen-bond acceptors (Lipinski definition) is 3. The number of amides is 1. The number of aryl methyl sites for hydroxylation is 1. The number of rotatable bonds is 2. The zero-order chi connectivity index (χ0) is 14.1. The van der Waals surface area contributed by atoms with Crippen LogP contribution in [0.4, 0.5) is 0 Å². The molecule has 20 heavy (non-hydrogen) atoms. The molecule has 0 radical (unpaired) electrons. The summed E-state index contributed by atoms with van der Waals surface area (Å²) in [7, 11) is 0. The summed E-state index contributed by atoms with van der Waals surface area (Å²) in [4.78, 5) is 14.7. The van der Waals surface area contributed by atoms with E-state index in [0.717, 1.165) is 24.6 Å². The van der Waals surface area contributed by atoms with Crippen LogP contribution in [0, 0.1) is 6.92 Å². The van der Waals surface area contributed by atoms with E-state index in [0.29, 0.717) is 17.9 Å². The highest BCUT2D eigenvalue weighted by molar-refractivity contribution is 7.99. The molecule has 1 aromatic rings. The first kappa shape index (κ1) is 14.0. The maximum absolute atomic E-state index is 12.6. The summed E-state index contributed by atoms with van der Waals surface area (Å²) >= 11 is 1.81. The molecule has 0 bridgehead atoms. The lowest BCUT2D eigenvalue weighted by molar-refractivity contribution is -0.133. The van der Waals surface area contributed by atoms with Crippen molar-refractivity contribution in [2.45, 2.75) is 38.3 Å². The van der Waals surface area contributed by atoms with E-state index >= 15 is 0 Å². The van der Waals surface area contributed by atoms with Crippen molar-refractivity contribution in [1.82, 2.24) is 10.2 Å². The Bertz CT molecular complexity index is 499. The van der Waals surface area contributed by atoms with Gasteiger partial charge in [-0.25, -0.2) is 0 Å². The van der Waals surface area contributed by atoms with Crippen molar-refractivity contribution in [3.63, 3.8) is 0 Å². The first-order valence-corrected chi connectivity index (χ1v) is 8.49. The number of benzene rings is 1. The molecule has 3 nitrogen and oxygen atoms in total. The summed E-state index contributed by atoms with van der Waals surface area (Å²) in [6.07, 6.45) is 1.08. The van der Waals surface area contributed by atoms with Crippen molar-refractivity contribution in [3.05, 3.63) is 35.4 Å². The zero-order valence-corrected chi connectivity index (χ0v) is 13.0. The first-order valence-electron chi connectivity index (χ1n) is 7.34. The number of carbonyl (C=O) groups is 1. The van der Waals surface area contributed by atoms with Gasteiger partial charge in [-0.2, -0.15) is 0 Å². The lowest BCUT2D eigenvalue weighted by atomic mass is 9.93. The van der Waals surface area contributed by atoms with Crippen LogP contribution in [-0.4, -0.2) is 41.1 Å². The van der Waals surface area contributed by atoms with E-state index in [1.807, 2.05) is 11.8 Å². The minimum absolute atomic E-state index is 0.0260. The van der Waals surface area contributed by atoms with Gasteiger partial charge in [0.05, 0.1) is 6.04 Å². The molecule has 2 aliphatic rings. The fraction of sp³-hybridized carbons (Fsp3) is 0.562. The number of likely N-dealkylation sites (tertiary alicyclic amines) is 1. The van der Waals surface area contributed by atoms with Crippen LogP contribution in [0.1, 0.15) is 30.4 Å². The molecule has 2 fully saturated rings. The minimum atomic E-state index is 0.0260. The van der Waals surface area contributed by atoms with E-state index in [2.05, 4.69) is 48.3 Å². The average molecular weight is 290 g/mol. The Balaban J connectivity index is 1.73. The summed E-state index contributed by atoms with van der Waals surface area (Å²) in [5.41, 5.74) is 2.75. The molecule has 2 heterocycles. The minimum Gasteiger partial charge on any atom is -0.338 e. The van der Waals surface area contributed by atoms with Crippen LogP contribution in [0.5, 0.6) is 0 Å². The van der Waals surface area contributed by atoms with Crippen LogP contribution in [0.3, 0.4) is 0 Å². The molecule has 3 rings (SSSR count). The third-order valence-corrected chi connectivity index (χ3v) is 5.44. The van der Waals surface area contributed by atoms with Crippen LogP contribution in [0.25, 0.3) is 0 Å². The second-order valence-electron chi connectivity index (χ2n) is 5.90. The molecule has 108 valence electrons. The van der Waals surface area contributed by atoms with Gasteiger partial charge in [-0.3, -0.25) is 10.1 Å². The molecule has 1 amide bonds. The summed E-state index contributed by atoms with van der Waals surface area (Å²) in [6.45, 7) is 5.21. The number of hydrogen-bond donors (Lipinski definition) is 1. The Morgan fingerprint density at radius 3 is 2.90 bits per heavy atom. The normalized spacial score (nSPS) is 29.9. The second-order valence-corrected chi connectivity index (χ2v) is 6.93. The molecule has 2 saturated heterocycles. The van der Waals surface area contributed by atoms with Gasteiger partial charge in [0.2, 0.25) is 5.91 Å². The number of nitrogens with one attached hydrogen (secondary N) is 1. The Labute approximate surface area is 125 Å². The fourth-order valence-corrected chi connectivity index (χ4v) is 4.30. The Morgan fingerprint density at radius 1 is 1.40 bits per heavy atom. The molecule has 3 atom stereocenters. The highest BCUT2D eigenvalue weighted by Gasteiger charge is 2.37. The van der Waals surface area contributed by atoms with Crippen LogP contribution in [0.2, 0.25) is 0 Å². The number of carbonyl (C=O) groups excluding carboxylic acids is 1. The predicted molar refractivity (Wildman–Crippen MR) is 84.0 cm³/mol. The van der Waals surface area contributed by atoms with Crippen LogP contribution < -0.4 is 5.32 Å². The molecule has 1 N–H and O–H groups in total. The van der Waals surface area contributed by atoms with Crippen molar-refractivity contribution in [1.29, 1.82) is 0 Å². The van der Waals surface area contributed by atoms with Crippen molar-refractivity contribution >= 4 is 17.7 Å². The van der Waals surface area contributed by atoms with Gasteiger partial charge >= 0.3 is 0 Å². The SMILES string of the molecule is Cc1ccccc1C1CC(C)N(C(=O)[C@H]2CSCN2)C1. The third-order valence-electron chi connectivity index (χ3n) is 4.50. The third kappa shape index (κ3) is 2.59. The maximum Gasteiger partial charge on any atom is 0.240 e. The molecule has 2 unspecified atom stereocenters. The molecule has 1 aromatic carbocycles. The highest BCUT2D eigenvalue weighted by Crippen LogP contribution is 2.33. The molecule has 0 saturated carbocycles. The standard InChI is InChI=1S/C16H22N2OS/c1-11-5-3-4-6-14(11)13-7-12(2)18(8-13)16(19)15-9-20-10-17-15/h3-6,12-13,15,17H,7-10H2,1-2H3/t12?,13?,15-/m1/s1. The van der Waals surface area contributed by atoms with Gasteiger partial charge in [0, 0.05) is 30.1 Å². The molecule has 0 spiro atoms. The molecule has 2 aliphatic heterocycles. The van der Waals surface area contributed by atoms with E-state index < -0.39 is 0 Å². The van der Waals surface area contributed by atoms with E-state index in [-0.39, 0.29) is 6.04 Å². The van der Waals surface area contributed by atoms with Crippen LogP contribution >= 0.6 is 11.8 Å². The summed E-state index contributed by atoms with van der Waals surface area (Å²) < 4.78 is 0. The monoisotopic (exact) mass is 290 g/mol. The maximum atomic E-state index is 12.6. The smallest absolute Gasteiger partial charge is 0.240 e. The number of thioether (sulfide) groups is 1. The van der Waals surface area contributed by atoms with Gasteiger partial charge in [0.1, 0.15) is 0 Å². The van der Waals surface area contributed by atoms with E-state index in [9.17, 15) is 4.79 Å². The molecule has 0 aliphatic carbocycles. The van der Waals surface area contributed by atoms with E-state index in [1.54, 1.807) is 0 Å². The van der Waals surface area contributed by atoms with Gasteiger partial charge in [-0.15, -0.1) is 11.8 Å². The lowest BCUT2D eigenvalue weighted by Crippen LogP contribution is -2.46. The molecular formula is C16H22N2OS. The largest absolute Gasteiger partial charge is 0.338 e. The Hall–Kier alpha value is -1.000. The van der Waals surface area contributed by atoms with E-state index in [1.165, 1.54) is 11.1 Å². The first-order chi connectivity index (χ1) is 9.66. The highest BCUT2D eigenvalue weighted by atomic mass is 32.2. The van der Waals surface area contributed by atoms with Crippen molar-refractivity contribution < 1.29 is 4.79 Å². The summed E-state index contributed by atoms with van der Waals surface area (Å²) in [5, 5.41) is 3.29. The van der Waals surface area contributed by atoms with Gasteiger partial charge in [0.25, 0.3) is 0 Å². The number of nitrogens with zero attached hydrogens (tertiary/aromatic N) is 1. The molecule has 4 heteroatoms. The van der Waals surface area contributed by atoms with Gasteiger partial charge in [-0.1, -0.05) is 24.3 Å². The second kappa shape index (κ2) is 5.78. The van der Waals surface area contributed by atoms with Crippen molar-refractivity contribution in [2.75, 3.05) is 18.2 Å². The van der Waals surface area contributed by atoms with Crippen molar-refractivity contribution in [2.24, 2.45) is 0 Å². The average Bonchev–Trinajstić information content (AvgIpc) is 3.08. The molecular weight excluding hydrogens is 268 g/mol. The lowest BCUT2D eigenvalue weighted by Gasteiger charge is -2.24.